The van der Waals surface area contributed by atoms with Crippen molar-refractivity contribution in [1.29, 1.82) is 0 Å². The Morgan fingerprint density at radius 3 is 2.58 bits per heavy atom. The SMILES string of the molecule is CC1(C)C(C=CC=C2Oc3ccccc3C=C2CCCCF)=[N+](CCCS(=O)(=O)[O-])c2ccc([As](=O)(O)O)cc21. The first-order valence-electron chi connectivity index (χ1n) is 13.0. The molecule has 0 spiro atoms. The molecule has 40 heavy (non-hydrogen) atoms. The van der Waals surface area contributed by atoms with Gasteiger partial charge in [0.25, 0.3) is 0 Å². The van der Waals surface area contributed by atoms with Crippen molar-refractivity contribution in [3.8, 4) is 5.75 Å². The molecule has 2 aromatic rings. The monoisotopic (exact) mass is 633 g/mol. The third-order valence-corrected chi connectivity index (χ3v) is 9.89. The molecule has 0 fully saturated rings. The molecule has 0 atom stereocenters. The third kappa shape index (κ3) is 6.93. The van der Waals surface area contributed by atoms with Crippen LogP contribution in [0.1, 0.15) is 50.7 Å². The number of benzene rings is 2. The van der Waals surface area contributed by atoms with Gasteiger partial charge in [-0.3, -0.25) is 4.39 Å². The molecule has 0 unspecified atom stereocenters. The number of rotatable bonds is 11. The maximum absolute atomic E-state index is 12.7. The summed E-state index contributed by atoms with van der Waals surface area (Å²) in [7, 11) is -4.40. The molecule has 2 N–H and O–H groups in total. The summed E-state index contributed by atoms with van der Waals surface area (Å²) in [4.78, 5) is 0. The quantitative estimate of drug-likeness (QED) is 0.168. The average Bonchev–Trinajstić information content (AvgIpc) is 3.08. The van der Waals surface area contributed by atoms with Gasteiger partial charge in [-0.05, 0) is 6.42 Å². The maximum atomic E-state index is 12.7. The summed E-state index contributed by atoms with van der Waals surface area (Å²) in [5.41, 5.74) is 3.38. The zero-order valence-electron chi connectivity index (χ0n) is 22.4. The van der Waals surface area contributed by atoms with Gasteiger partial charge in [0.1, 0.15) is 0 Å². The minimum atomic E-state index is -5.17. The van der Waals surface area contributed by atoms with Crippen LogP contribution in [-0.2, 0) is 19.3 Å². The number of halogens is 1. The van der Waals surface area contributed by atoms with Gasteiger partial charge < -0.3 is 0 Å². The van der Waals surface area contributed by atoms with Crippen molar-refractivity contribution < 1.29 is 38.6 Å². The van der Waals surface area contributed by atoms with E-state index in [9.17, 15) is 29.3 Å². The van der Waals surface area contributed by atoms with Crippen molar-refractivity contribution in [2.24, 2.45) is 0 Å². The standard InChI is InChI=1S/C29H33AsFNO7S/c1-29(2)24-20-23(30(33,34)35)14-15-25(24)32(17-8-18-40(36,37)38)28(29)13-7-12-27-22(10-5-6-16-31)19-21-9-3-4-11-26(21)39-27/h3-4,7,9,11-15,19-20H,5-6,8,10,16-18H2,1-2H3,(H2-,33,34,35,36,37,38). The van der Waals surface area contributed by atoms with Crippen LogP contribution in [0.15, 0.2) is 72.0 Å². The molecule has 0 amide bonds. The van der Waals surface area contributed by atoms with E-state index in [1.54, 1.807) is 6.07 Å². The summed E-state index contributed by atoms with van der Waals surface area (Å²) in [5, 5.41) is 0. The number of unbranched alkanes of at least 4 members (excludes halogenated alkanes) is 1. The fourth-order valence-electron chi connectivity index (χ4n) is 5.09. The Morgan fingerprint density at radius 2 is 1.88 bits per heavy atom. The van der Waals surface area contributed by atoms with Crippen molar-refractivity contribution in [1.82, 2.24) is 0 Å². The number of hydrogen-bond donors (Lipinski definition) is 2. The molecule has 2 aliphatic heterocycles. The van der Waals surface area contributed by atoms with Gasteiger partial charge >= 0.3 is 202 Å². The van der Waals surface area contributed by atoms with Crippen LogP contribution in [0.4, 0.5) is 10.1 Å². The van der Waals surface area contributed by atoms with E-state index in [0.29, 0.717) is 42.0 Å². The van der Waals surface area contributed by atoms with Gasteiger partial charge in [-0.2, -0.15) is 0 Å². The topological polar surface area (TPSA) is 127 Å². The van der Waals surface area contributed by atoms with Crippen molar-refractivity contribution in [3.63, 3.8) is 0 Å². The van der Waals surface area contributed by atoms with Gasteiger partial charge in [0.2, 0.25) is 0 Å². The van der Waals surface area contributed by atoms with E-state index in [4.69, 9.17) is 4.74 Å². The van der Waals surface area contributed by atoms with Crippen LogP contribution in [0.2, 0.25) is 0 Å². The molecule has 2 aromatic carbocycles. The van der Waals surface area contributed by atoms with Crippen LogP contribution in [0.3, 0.4) is 0 Å². The van der Waals surface area contributed by atoms with E-state index in [1.165, 1.54) is 12.1 Å². The first-order chi connectivity index (χ1) is 18.8. The molecule has 0 radical (unpaired) electrons. The summed E-state index contributed by atoms with van der Waals surface area (Å²) < 4.78 is 86.1. The Hall–Kier alpha value is -2.75. The predicted molar refractivity (Wildman–Crippen MR) is 151 cm³/mol. The molecule has 0 bridgehead atoms. The summed E-state index contributed by atoms with van der Waals surface area (Å²) in [6, 6.07) is 12.2. The summed E-state index contributed by atoms with van der Waals surface area (Å²) >= 11 is -5.17. The predicted octanol–water partition coefficient (Wildman–Crippen LogP) is 3.62. The van der Waals surface area contributed by atoms with Crippen LogP contribution in [-0.4, -0.2) is 64.6 Å². The molecule has 2 aliphatic rings. The zero-order chi connectivity index (χ0) is 29.1. The van der Waals surface area contributed by atoms with E-state index in [2.05, 4.69) is 0 Å². The molecule has 11 heteroatoms. The van der Waals surface area contributed by atoms with Crippen LogP contribution in [0.25, 0.3) is 6.08 Å². The molecular formula is C29H33AsFNO7S. The summed E-state index contributed by atoms with van der Waals surface area (Å²) in [6.45, 7) is 3.70. The van der Waals surface area contributed by atoms with Gasteiger partial charge in [-0.1, -0.05) is 18.2 Å². The molecule has 0 aliphatic carbocycles. The van der Waals surface area contributed by atoms with E-state index >= 15 is 0 Å². The van der Waals surface area contributed by atoms with Crippen molar-refractivity contribution in [2.45, 2.75) is 44.9 Å². The molecule has 0 saturated carbocycles. The molecule has 2 heterocycles. The Balaban J connectivity index is 1.72. The van der Waals surface area contributed by atoms with Gasteiger partial charge in [-0.25, -0.2) is 0 Å². The van der Waals surface area contributed by atoms with E-state index in [-0.39, 0.29) is 24.0 Å². The first kappa shape index (κ1) is 30.2. The number of hydrogen-bond acceptors (Lipinski definition) is 5. The van der Waals surface area contributed by atoms with Crippen molar-refractivity contribution in [2.75, 3.05) is 19.0 Å². The van der Waals surface area contributed by atoms with E-state index in [0.717, 1.165) is 16.8 Å². The van der Waals surface area contributed by atoms with Crippen LogP contribution < -0.4 is 9.09 Å². The first-order valence-corrected chi connectivity index (χ1v) is 18.0. The zero-order valence-corrected chi connectivity index (χ0v) is 25.1. The molecule has 0 saturated heterocycles. The molecule has 8 nitrogen and oxygen atoms in total. The third-order valence-electron chi connectivity index (χ3n) is 7.10. The number of fused-ring (bicyclic) bond motifs is 2. The number of alkyl halides is 1. The Bertz CT molecular complexity index is 1570. The van der Waals surface area contributed by atoms with Gasteiger partial charge in [0, 0.05) is 0 Å². The fraction of sp³-hybridized carbons (Fsp3) is 0.345. The molecule has 4 rings (SSSR count). The van der Waals surface area contributed by atoms with Crippen molar-refractivity contribution in [3.05, 3.63) is 83.2 Å². The molecule has 214 valence electrons. The van der Waals surface area contributed by atoms with Crippen molar-refractivity contribution >= 4 is 46.1 Å². The summed E-state index contributed by atoms with van der Waals surface area (Å²) in [6.07, 6.45) is 9.42. The number of nitrogens with zero attached hydrogens (tertiary/aromatic N) is 1. The second kappa shape index (κ2) is 12.0. The Labute approximate surface area is 237 Å². The van der Waals surface area contributed by atoms with Crippen LogP contribution in [0.5, 0.6) is 5.75 Å². The number of ether oxygens (including phenoxy) is 1. The normalized spacial score (nSPS) is 17.6. The Morgan fingerprint density at radius 1 is 1.12 bits per heavy atom. The van der Waals surface area contributed by atoms with Gasteiger partial charge in [0.05, 0.1) is 6.67 Å². The second-order valence-electron chi connectivity index (χ2n) is 10.4. The average molecular weight is 634 g/mol. The van der Waals surface area contributed by atoms with Gasteiger partial charge in [-0.15, -0.1) is 0 Å². The van der Waals surface area contributed by atoms with Crippen LogP contribution >= 0.6 is 0 Å². The Kier molecular flexibility index (Phi) is 9.07. The van der Waals surface area contributed by atoms with Crippen LogP contribution in [0, 0.1) is 0 Å². The number of allylic oxidation sites excluding steroid dienone is 4. The number of para-hydroxylation sites is 1. The van der Waals surface area contributed by atoms with Gasteiger partial charge in [0.15, 0.2) is 0 Å². The minimum absolute atomic E-state index is 0.0447. The molecule has 0 aromatic heterocycles. The van der Waals surface area contributed by atoms with E-state index in [1.807, 2.05) is 67.0 Å². The summed E-state index contributed by atoms with van der Waals surface area (Å²) in [5.74, 6) is 0.826. The fourth-order valence-corrected chi connectivity index (χ4v) is 6.76. The second-order valence-corrected chi connectivity index (χ2v) is 15.3. The molecular weight excluding hydrogens is 600 g/mol. The van der Waals surface area contributed by atoms with E-state index < -0.39 is 35.5 Å².